The Bertz CT molecular complexity index is 699. The van der Waals surface area contributed by atoms with Gasteiger partial charge in [0.2, 0.25) is 5.91 Å². The Kier molecular flexibility index (Phi) is 4.13. The minimum absolute atomic E-state index is 0.00539. The summed E-state index contributed by atoms with van der Waals surface area (Å²) in [5, 5.41) is 0.909. The predicted molar refractivity (Wildman–Crippen MR) is 83.1 cm³/mol. The Morgan fingerprint density at radius 1 is 1.09 bits per heavy atom. The predicted octanol–water partition coefficient (Wildman–Crippen LogP) is 3.08. The van der Waals surface area contributed by atoms with Crippen LogP contribution in [0, 0.1) is 12.8 Å². The molecule has 1 aromatic carbocycles. The molecule has 0 radical (unpaired) electrons. The Labute approximate surface area is 129 Å². The number of furan rings is 1. The lowest BCUT2D eigenvalue weighted by molar-refractivity contribution is -0.126. The zero-order valence-corrected chi connectivity index (χ0v) is 12.6. The number of hydrogen-bond acceptors (Lipinski definition) is 3. The third-order valence-electron chi connectivity index (χ3n) is 4.33. The van der Waals surface area contributed by atoms with Gasteiger partial charge in [-0.05, 0) is 25.8 Å². The van der Waals surface area contributed by atoms with Crippen LogP contribution in [0.25, 0.3) is 11.0 Å². The first kappa shape index (κ1) is 14.6. The fraction of sp³-hybridized carbons (Fsp3) is 0.412. The molecule has 5 heteroatoms. The van der Waals surface area contributed by atoms with Crippen molar-refractivity contribution in [3.63, 3.8) is 0 Å². The normalized spacial score (nSPS) is 15.7. The summed E-state index contributed by atoms with van der Waals surface area (Å²) >= 11 is 0. The van der Waals surface area contributed by atoms with Gasteiger partial charge in [0.25, 0.3) is 0 Å². The molecule has 22 heavy (non-hydrogen) atoms. The number of amides is 2. The van der Waals surface area contributed by atoms with Crippen LogP contribution in [0.1, 0.15) is 48.2 Å². The molecule has 2 N–H and O–H groups in total. The number of hydrogen-bond donors (Lipinski definition) is 2. The summed E-state index contributed by atoms with van der Waals surface area (Å²) in [7, 11) is 0. The highest BCUT2D eigenvalue weighted by Gasteiger charge is 2.23. The molecule has 1 heterocycles. The van der Waals surface area contributed by atoms with E-state index in [0.29, 0.717) is 5.58 Å². The van der Waals surface area contributed by atoms with Gasteiger partial charge in [-0.1, -0.05) is 37.5 Å². The van der Waals surface area contributed by atoms with Gasteiger partial charge < -0.3 is 4.42 Å². The van der Waals surface area contributed by atoms with Crippen molar-refractivity contribution in [1.82, 2.24) is 10.9 Å². The molecule has 1 aliphatic carbocycles. The first-order chi connectivity index (χ1) is 10.7. The van der Waals surface area contributed by atoms with E-state index < -0.39 is 5.91 Å². The lowest BCUT2D eigenvalue weighted by Crippen LogP contribution is -2.45. The van der Waals surface area contributed by atoms with Crippen LogP contribution in [0.15, 0.2) is 28.7 Å². The van der Waals surface area contributed by atoms with E-state index in [-0.39, 0.29) is 17.6 Å². The molecule has 0 unspecified atom stereocenters. The van der Waals surface area contributed by atoms with Gasteiger partial charge in [-0.25, -0.2) is 0 Å². The molecule has 0 spiro atoms. The van der Waals surface area contributed by atoms with Crippen molar-refractivity contribution in [1.29, 1.82) is 0 Å². The second-order valence-electron chi connectivity index (χ2n) is 5.83. The van der Waals surface area contributed by atoms with E-state index in [1.54, 1.807) is 0 Å². The van der Waals surface area contributed by atoms with E-state index in [1.807, 2.05) is 31.2 Å². The molecule has 1 aliphatic rings. The Morgan fingerprint density at radius 2 is 1.82 bits per heavy atom. The SMILES string of the molecule is Cc1c(C(=O)NNC(=O)C2CCCCC2)oc2ccccc12. The third kappa shape index (κ3) is 2.84. The van der Waals surface area contributed by atoms with E-state index in [2.05, 4.69) is 10.9 Å². The van der Waals surface area contributed by atoms with Gasteiger partial charge in [-0.3, -0.25) is 20.4 Å². The van der Waals surface area contributed by atoms with Crippen LogP contribution in [-0.4, -0.2) is 11.8 Å². The van der Waals surface area contributed by atoms with Crippen LogP contribution in [0.4, 0.5) is 0 Å². The summed E-state index contributed by atoms with van der Waals surface area (Å²) in [5.41, 5.74) is 6.44. The first-order valence-corrected chi connectivity index (χ1v) is 7.75. The highest BCUT2D eigenvalue weighted by molar-refractivity contribution is 5.99. The van der Waals surface area contributed by atoms with Crippen molar-refractivity contribution in [2.75, 3.05) is 0 Å². The topological polar surface area (TPSA) is 71.3 Å². The number of carbonyl (C=O) groups excluding carboxylic acids is 2. The van der Waals surface area contributed by atoms with Crippen molar-refractivity contribution < 1.29 is 14.0 Å². The number of fused-ring (bicyclic) bond motifs is 1. The van der Waals surface area contributed by atoms with Crippen molar-refractivity contribution in [2.45, 2.75) is 39.0 Å². The zero-order valence-electron chi connectivity index (χ0n) is 12.6. The van der Waals surface area contributed by atoms with Crippen molar-refractivity contribution in [2.24, 2.45) is 5.92 Å². The lowest BCUT2D eigenvalue weighted by Gasteiger charge is -2.20. The van der Waals surface area contributed by atoms with Crippen LogP contribution in [-0.2, 0) is 4.79 Å². The van der Waals surface area contributed by atoms with Crippen LogP contribution >= 0.6 is 0 Å². The van der Waals surface area contributed by atoms with E-state index in [4.69, 9.17) is 4.42 Å². The minimum Gasteiger partial charge on any atom is -0.451 e. The molecule has 116 valence electrons. The van der Waals surface area contributed by atoms with E-state index >= 15 is 0 Å². The monoisotopic (exact) mass is 300 g/mol. The third-order valence-corrected chi connectivity index (χ3v) is 4.33. The molecular weight excluding hydrogens is 280 g/mol. The molecule has 1 saturated carbocycles. The average Bonchev–Trinajstić information content (AvgIpc) is 2.90. The van der Waals surface area contributed by atoms with Gasteiger partial charge in [0.05, 0.1) is 0 Å². The molecule has 1 fully saturated rings. The maximum atomic E-state index is 12.2. The quantitative estimate of drug-likeness (QED) is 0.837. The van der Waals surface area contributed by atoms with Crippen LogP contribution in [0.3, 0.4) is 0 Å². The van der Waals surface area contributed by atoms with Gasteiger partial charge in [-0.15, -0.1) is 0 Å². The Morgan fingerprint density at radius 3 is 2.55 bits per heavy atom. The molecule has 5 nitrogen and oxygen atoms in total. The summed E-state index contributed by atoms with van der Waals surface area (Å²) in [5.74, 6) is -0.282. The molecule has 0 atom stereocenters. The van der Waals surface area contributed by atoms with Crippen molar-refractivity contribution in [3.8, 4) is 0 Å². The van der Waals surface area contributed by atoms with Crippen molar-refractivity contribution in [3.05, 3.63) is 35.6 Å². The summed E-state index contributed by atoms with van der Waals surface area (Å²) in [6, 6.07) is 7.49. The second-order valence-corrected chi connectivity index (χ2v) is 5.83. The number of hydrazine groups is 1. The zero-order chi connectivity index (χ0) is 15.5. The van der Waals surface area contributed by atoms with E-state index in [1.165, 1.54) is 6.42 Å². The largest absolute Gasteiger partial charge is 0.451 e. The van der Waals surface area contributed by atoms with Gasteiger partial charge in [0, 0.05) is 16.9 Å². The highest BCUT2D eigenvalue weighted by Crippen LogP contribution is 2.25. The number of aryl methyl sites for hydroxylation is 1. The number of nitrogens with one attached hydrogen (secondary N) is 2. The number of carbonyl (C=O) groups is 2. The van der Waals surface area contributed by atoms with Crippen LogP contribution in [0.5, 0.6) is 0 Å². The molecule has 0 aliphatic heterocycles. The lowest BCUT2D eigenvalue weighted by atomic mass is 9.89. The maximum Gasteiger partial charge on any atom is 0.305 e. The van der Waals surface area contributed by atoms with Crippen molar-refractivity contribution >= 4 is 22.8 Å². The standard InChI is InChI=1S/C17H20N2O3/c1-11-13-9-5-6-10-14(13)22-15(11)17(21)19-18-16(20)12-7-3-2-4-8-12/h5-6,9-10,12H,2-4,7-8H2,1H3,(H,18,20)(H,19,21). The molecule has 1 aromatic heterocycles. The molecule has 2 aromatic rings. The molecule has 2 amide bonds. The van der Waals surface area contributed by atoms with E-state index in [9.17, 15) is 9.59 Å². The second kappa shape index (κ2) is 6.22. The first-order valence-electron chi connectivity index (χ1n) is 7.75. The summed E-state index contributed by atoms with van der Waals surface area (Å²) in [6.07, 6.45) is 5.13. The molecule has 0 saturated heterocycles. The summed E-state index contributed by atoms with van der Waals surface area (Å²) in [6.45, 7) is 1.84. The fourth-order valence-corrected chi connectivity index (χ4v) is 3.03. The maximum absolute atomic E-state index is 12.2. The van der Waals surface area contributed by atoms with Gasteiger partial charge >= 0.3 is 5.91 Å². The van der Waals surface area contributed by atoms with E-state index in [0.717, 1.165) is 36.6 Å². The van der Waals surface area contributed by atoms with Crippen LogP contribution in [0.2, 0.25) is 0 Å². The summed E-state index contributed by atoms with van der Waals surface area (Å²) in [4.78, 5) is 24.2. The number of rotatable bonds is 2. The Balaban J connectivity index is 1.66. The average molecular weight is 300 g/mol. The number of benzene rings is 1. The van der Waals surface area contributed by atoms with Gasteiger partial charge in [0.1, 0.15) is 5.58 Å². The Hall–Kier alpha value is -2.30. The highest BCUT2D eigenvalue weighted by atomic mass is 16.3. The number of para-hydroxylation sites is 1. The molecular formula is C17H20N2O3. The molecule has 0 bridgehead atoms. The van der Waals surface area contributed by atoms with Gasteiger partial charge in [-0.2, -0.15) is 0 Å². The smallest absolute Gasteiger partial charge is 0.305 e. The summed E-state index contributed by atoms with van der Waals surface area (Å²) < 4.78 is 5.58. The molecule has 3 rings (SSSR count). The van der Waals surface area contributed by atoms with Gasteiger partial charge in [0.15, 0.2) is 5.76 Å². The fourth-order valence-electron chi connectivity index (χ4n) is 3.03. The van der Waals surface area contributed by atoms with Crippen LogP contribution < -0.4 is 10.9 Å². The minimum atomic E-state index is -0.419.